The van der Waals surface area contributed by atoms with E-state index in [9.17, 15) is 9.90 Å². The van der Waals surface area contributed by atoms with Gasteiger partial charge in [-0.05, 0) is 97.1 Å². The van der Waals surface area contributed by atoms with Crippen LogP contribution < -0.4 is 4.74 Å². The number of fused-ring (bicyclic) bond motifs is 4. The number of hydrogen-bond acceptors (Lipinski definition) is 5. The molecule has 1 spiro atoms. The van der Waals surface area contributed by atoms with E-state index in [1.807, 2.05) is 12.1 Å². The second-order valence-corrected chi connectivity index (χ2v) is 14.9. The Morgan fingerprint density at radius 3 is 2.38 bits per heavy atom. The lowest BCUT2D eigenvalue weighted by molar-refractivity contribution is -0.312. The molecular formula is C37H46O5. The minimum atomic E-state index is -0.408. The molecule has 4 aliphatic carbocycles. The normalized spacial score (nSPS) is 34.8. The Hall–Kier alpha value is -2.47. The van der Waals surface area contributed by atoms with E-state index in [-0.39, 0.29) is 16.9 Å². The summed E-state index contributed by atoms with van der Waals surface area (Å²) >= 11 is 0. The lowest BCUT2D eigenvalue weighted by atomic mass is 9.52. The summed E-state index contributed by atoms with van der Waals surface area (Å²) in [5.74, 6) is 2.37. The summed E-state index contributed by atoms with van der Waals surface area (Å²) in [6, 6.07) is 16.3. The van der Waals surface area contributed by atoms with Crippen molar-refractivity contribution >= 4 is 6.29 Å². The third kappa shape index (κ3) is 4.96. The van der Waals surface area contributed by atoms with E-state index in [4.69, 9.17) is 14.2 Å². The highest BCUT2D eigenvalue weighted by atomic mass is 16.7. The SMILES string of the molecule is CC1(C)COC2(CCC3=C4C(c5ccc(COc6ccc(C=O)cc6)cc5)CC5(C)C(O)CCC5C4CCC3C2)OC1. The van der Waals surface area contributed by atoms with E-state index in [1.165, 1.54) is 18.4 Å². The summed E-state index contributed by atoms with van der Waals surface area (Å²) in [7, 11) is 0. The number of allylic oxidation sites excluding steroid dienone is 2. The maximum atomic E-state index is 11.2. The molecule has 1 aliphatic heterocycles. The minimum Gasteiger partial charge on any atom is -0.489 e. The molecule has 2 aromatic carbocycles. The molecule has 5 nitrogen and oxygen atoms in total. The van der Waals surface area contributed by atoms with Crippen molar-refractivity contribution in [1.82, 2.24) is 0 Å². The topological polar surface area (TPSA) is 65.0 Å². The van der Waals surface area contributed by atoms with Crippen molar-refractivity contribution in [2.75, 3.05) is 13.2 Å². The van der Waals surface area contributed by atoms with Gasteiger partial charge in [0, 0.05) is 29.7 Å². The van der Waals surface area contributed by atoms with E-state index < -0.39 is 5.79 Å². The van der Waals surface area contributed by atoms with Crippen molar-refractivity contribution in [2.24, 2.45) is 28.6 Å². The third-order valence-corrected chi connectivity index (χ3v) is 11.5. The van der Waals surface area contributed by atoms with Gasteiger partial charge >= 0.3 is 0 Å². The molecule has 5 aliphatic rings. The van der Waals surface area contributed by atoms with Crippen molar-refractivity contribution in [1.29, 1.82) is 0 Å². The van der Waals surface area contributed by atoms with Crippen LogP contribution in [0.25, 0.3) is 0 Å². The average molecular weight is 571 g/mol. The first-order chi connectivity index (χ1) is 20.2. The van der Waals surface area contributed by atoms with Crippen molar-refractivity contribution in [3.8, 4) is 5.75 Å². The van der Waals surface area contributed by atoms with Crippen molar-refractivity contribution in [2.45, 2.75) is 96.6 Å². The maximum Gasteiger partial charge on any atom is 0.169 e. The smallest absolute Gasteiger partial charge is 0.169 e. The highest BCUT2D eigenvalue weighted by Gasteiger charge is 2.57. The lowest BCUT2D eigenvalue weighted by Gasteiger charge is -2.55. The van der Waals surface area contributed by atoms with Crippen LogP contribution in [-0.4, -0.2) is 36.5 Å². The summed E-state index contributed by atoms with van der Waals surface area (Å²) in [5, 5.41) is 11.2. The van der Waals surface area contributed by atoms with Crippen molar-refractivity contribution in [3.05, 3.63) is 76.4 Å². The Bertz CT molecular complexity index is 1330. The molecule has 4 fully saturated rings. The summed E-state index contributed by atoms with van der Waals surface area (Å²) in [6.45, 7) is 8.86. The standard InChI is InChI=1S/C37H46O5/c1-35(2)22-41-37(42-23-35)17-16-29-27(18-37)10-13-30-32-14-15-33(39)36(32,3)19-31(34(29)30)26-8-4-25(5-9-26)21-40-28-11-6-24(20-38)7-12-28/h4-9,11-12,20,27,30-33,39H,10,13-19,21-23H2,1-3H3. The molecule has 1 heterocycles. The largest absolute Gasteiger partial charge is 0.489 e. The Balaban J connectivity index is 1.16. The number of hydrogen-bond donors (Lipinski definition) is 1. The molecule has 0 amide bonds. The van der Waals surface area contributed by atoms with Gasteiger partial charge in [0.05, 0.1) is 19.3 Å². The van der Waals surface area contributed by atoms with Crippen LogP contribution in [0.2, 0.25) is 0 Å². The molecule has 0 bridgehead atoms. The third-order valence-electron chi connectivity index (χ3n) is 11.5. The molecule has 0 aromatic heterocycles. The van der Waals surface area contributed by atoms with Crippen LogP contribution in [0.1, 0.15) is 99.5 Å². The Labute approximate surface area is 250 Å². The first kappa shape index (κ1) is 28.3. The lowest BCUT2D eigenvalue weighted by Crippen LogP contribution is -2.52. The molecule has 7 rings (SSSR count). The van der Waals surface area contributed by atoms with E-state index in [2.05, 4.69) is 45.0 Å². The second kappa shape index (κ2) is 10.6. The van der Waals surface area contributed by atoms with Gasteiger partial charge in [0.2, 0.25) is 0 Å². The number of aliphatic hydroxyl groups is 1. The van der Waals surface area contributed by atoms with Gasteiger partial charge in [0.15, 0.2) is 5.79 Å². The fourth-order valence-corrected chi connectivity index (χ4v) is 9.15. The van der Waals surface area contributed by atoms with Crippen LogP contribution in [0.3, 0.4) is 0 Å². The highest BCUT2D eigenvalue weighted by Crippen LogP contribution is 2.65. The van der Waals surface area contributed by atoms with Crippen LogP contribution in [0.4, 0.5) is 0 Å². The summed E-state index contributed by atoms with van der Waals surface area (Å²) in [6.07, 6.45) is 9.15. The number of benzene rings is 2. The Morgan fingerprint density at radius 1 is 0.929 bits per heavy atom. The van der Waals surface area contributed by atoms with Gasteiger partial charge in [-0.2, -0.15) is 0 Å². The molecule has 224 valence electrons. The Kier molecular flexibility index (Phi) is 7.15. The molecule has 42 heavy (non-hydrogen) atoms. The van der Waals surface area contributed by atoms with Gasteiger partial charge < -0.3 is 19.3 Å². The number of rotatable bonds is 5. The zero-order chi connectivity index (χ0) is 29.1. The maximum absolute atomic E-state index is 11.2. The van der Waals surface area contributed by atoms with Gasteiger partial charge in [0.25, 0.3) is 0 Å². The molecule has 1 N–H and O–H groups in total. The van der Waals surface area contributed by atoms with Crippen LogP contribution >= 0.6 is 0 Å². The summed E-state index contributed by atoms with van der Waals surface area (Å²) in [5.41, 5.74) is 6.59. The molecule has 6 atom stereocenters. The predicted octanol–water partition coefficient (Wildman–Crippen LogP) is 7.62. The summed E-state index contributed by atoms with van der Waals surface area (Å²) in [4.78, 5) is 10.9. The van der Waals surface area contributed by atoms with E-state index >= 15 is 0 Å². The monoisotopic (exact) mass is 570 g/mol. The molecular weight excluding hydrogens is 524 g/mol. The molecule has 6 unspecified atom stereocenters. The number of ether oxygens (including phenoxy) is 3. The molecule has 5 heteroatoms. The van der Waals surface area contributed by atoms with Crippen LogP contribution in [0, 0.1) is 28.6 Å². The molecule has 3 saturated carbocycles. The first-order valence-electron chi connectivity index (χ1n) is 16.1. The van der Waals surface area contributed by atoms with E-state index in [0.29, 0.717) is 35.8 Å². The van der Waals surface area contributed by atoms with E-state index in [0.717, 1.165) is 69.3 Å². The van der Waals surface area contributed by atoms with E-state index in [1.54, 1.807) is 23.3 Å². The zero-order valence-electron chi connectivity index (χ0n) is 25.4. The number of aldehydes is 1. The number of carbonyl (C=O) groups is 1. The minimum absolute atomic E-state index is 0.0290. The Morgan fingerprint density at radius 2 is 1.67 bits per heavy atom. The van der Waals surface area contributed by atoms with Gasteiger partial charge in [-0.15, -0.1) is 0 Å². The van der Waals surface area contributed by atoms with Crippen LogP contribution in [-0.2, 0) is 16.1 Å². The van der Waals surface area contributed by atoms with Gasteiger partial charge in [-0.3, -0.25) is 4.79 Å². The fraction of sp³-hybridized carbons (Fsp3) is 0.595. The average Bonchev–Trinajstić information content (AvgIpc) is 3.31. The van der Waals surface area contributed by atoms with Crippen LogP contribution in [0.5, 0.6) is 5.75 Å². The van der Waals surface area contributed by atoms with Gasteiger partial charge in [0.1, 0.15) is 18.6 Å². The summed E-state index contributed by atoms with van der Waals surface area (Å²) < 4.78 is 19.0. The van der Waals surface area contributed by atoms with Gasteiger partial charge in [-0.25, -0.2) is 0 Å². The van der Waals surface area contributed by atoms with Crippen molar-refractivity contribution < 1.29 is 24.1 Å². The number of aliphatic hydroxyl groups excluding tert-OH is 1. The highest BCUT2D eigenvalue weighted by molar-refractivity contribution is 5.74. The predicted molar refractivity (Wildman–Crippen MR) is 162 cm³/mol. The van der Waals surface area contributed by atoms with Crippen LogP contribution in [0.15, 0.2) is 59.7 Å². The molecule has 2 aromatic rings. The first-order valence-corrected chi connectivity index (χ1v) is 16.1. The van der Waals surface area contributed by atoms with Gasteiger partial charge in [-0.1, -0.05) is 56.2 Å². The number of carbonyl (C=O) groups excluding carboxylic acids is 1. The fourth-order valence-electron chi connectivity index (χ4n) is 9.15. The molecule has 1 saturated heterocycles. The quantitative estimate of drug-likeness (QED) is 0.296. The molecule has 0 radical (unpaired) electrons. The zero-order valence-corrected chi connectivity index (χ0v) is 25.4. The van der Waals surface area contributed by atoms with Crippen molar-refractivity contribution in [3.63, 3.8) is 0 Å². The second-order valence-electron chi connectivity index (χ2n) is 14.9.